The first-order valence-corrected chi connectivity index (χ1v) is 9.83. The zero-order chi connectivity index (χ0) is 21.4. The molecule has 1 aliphatic heterocycles. The van der Waals surface area contributed by atoms with Gasteiger partial charge in [-0.15, -0.1) is 15.3 Å². The van der Waals surface area contributed by atoms with Gasteiger partial charge in [-0.3, -0.25) is 4.98 Å². The smallest absolute Gasteiger partial charge is 0.314 e. The van der Waals surface area contributed by atoms with Crippen molar-refractivity contribution in [3.8, 4) is 22.7 Å². The van der Waals surface area contributed by atoms with Crippen LogP contribution >= 0.6 is 0 Å². The largest absolute Gasteiger partial charge is 0.415 e. The van der Waals surface area contributed by atoms with Crippen LogP contribution in [0.4, 0.5) is 8.78 Å². The standard InChI is InChI=1S/C21H19F2N7O/c1-29-7-6-13-8-14(2-3-16(13)10-29)18-12-30(28-25-18)11-17-5-4-15(9-24-17)20-26-27-21(31-20)19(22)23/h2-5,8-9,12,19H,6-7,10-11H2,1H3. The Bertz CT molecular complexity index is 1200. The van der Waals surface area contributed by atoms with E-state index >= 15 is 0 Å². The number of rotatable bonds is 5. The van der Waals surface area contributed by atoms with E-state index in [1.807, 2.05) is 6.20 Å². The average molecular weight is 423 g/mol. The maximum atomic E-state index is 12.6. The van der Waals surface area contributed by atoms with Crippen molar-refractivity contribution in [1.82, 2.24) is 35.1 Å². The molecule has 158 valence electrons. The molecule has 0 saturated heterocycles. The summed E-state index contributed by atoms with van der Waals surface area (Å²) in [6.45, 7) is 2.45. The highest BCUT2D eigenvalue weighted by molar-refractivity contribution is 5.60. The third-order valence-corrected chi connectivity index (χ3v) is 5.27. The lowest BCUT2D eigenvalue weighted by molar-refractivity contribution is 0.116. The van der Waals surface area contributed by atoms with Gasteiger partial charge in [0.2, 0.25) is 5.89 Å². The van der Waals surface area contributed by atoms with Gasteiger partial charge in [0, 0.05) is 24.8 Å². The number of aromatic nitrogens is 6. The third-order valence-electron chi connectivity index (χ3n) is 5.27. The summed E-state index contributed by atoms with van der Waals surface area (Å²) < 4.78 is 31.9. The van der Waals surface area contributed by atoms with Crippen LogP contribution in [0.15, 0.2) is 47.1 Å². The van der Waals surface area contributed by atoms with Gasteiger partial charge in [-0.1, -0.05) is 17.3 Å². The van der Waals surface area contributed by atoms with Gasteiger partial charge in [-0.25, -0.2) is 4.68 Å². The molecule has 1 aliphatic rings. The van der Waals surface area contributed by atoms with Crippen molar-refractivity contribution in [3.05, 3.63) is 65.4 Å². The Morgan fingerprint density at radius 3 is 2.71 bits per heavy atom. The molecule has 0 atom stereocenters. The van der Waals surface area contributed by atoms with Gasteiger partial charge in [-0.05, 0) is 42.8 Å². The van der Waals surface area contributed by atoms with Crippen LogP contribution in [0.2, 0.25) is 0 Å². The lowest BCUT2D eigenvalue weighted by Gasteiger charge is -2.25. The third kappa shape index (κ3) is 4.06. The predicted octanol–water partition coefficient (Wildman–Crippen LogP) is 3.36. The molecule has 0 unspecified atom stereocenters. The fourth-order valence-corrected chi connectivity index (χ4v) is 3.61. The van der Waals surface area contributed by atoms with Crippen LogP contribution < -0.4 is 0 Å². The highest BCUT2D eigenvalue weighted by atomic mass is 19.3. The maximum Gasteiger partial charge on any atom is 0.314 e. The topological polar surface area (TPSA) is 85.8 Å². The molecule has 0 aliphatic carbocycles. The number of hydrogen-bond donors (Lipinski definition) is 0. The van der Waals surface area contributed by atoms with Gasteiger partial charge in [0.15, 0.2) is 0 Å². The van der Waals surface area contributed by atoms with Crippen LogP contribution in [0.1, 0.15) is 29.1 Å². The van der Waals surface area contributed by atoms with Gasteiger partial charge in [0.05, 0.1) is 24.0 Å². The van der Waals surface area contributed by atoms with Crippen molar-refractivity contribution in [3.63, 3.8) is 0 Å². The fraction of sp³-hybridized carbons (Fsp3) is 0.286. The number of nitrogens with zero attached hydrogens (tertiary/aromatic N) is 7. The molecule has 10 heteroatoms. The number of hydrogen-bond acceptors (Lipinski definition) is 7. The minimum atomic E-state index is -2.80. The molecule has 3 aromatic heterocycles. The molecule has 0 saturated carbocycles. The van der Waals surface area contributed by atoms with E-state index in [1.54, 1.807) is 16.8 Å². The Balaban J connectivity index is 1.29. The van der Waals surface area contributed by atoms with Crippen molar-refractivity contribution >= 4 is 0 Å². The number of pyridine rings is 1. The molecule has 4 heterocycles. The van der Waals surface area contributed by atoms with Crippen LogP contribution in [-0.4, -0.2) is 48.7 Å². The van der Waals surface area contributed by atoms with E-state index in [9.17, 15) is 8.78 Å². The van der Waals surface area contributed by atoms with E-state index in [2.05, 4.69) is 55.6 Å². The van der Waals surface area contributed by atoms with E-state index < -0.39 is 12.3 Å². The lowest BCUT2D eigenvalue weighted by Crippen LogP contribution is -2.26. The summed E-state index contributed by atoms with van der Waals surface area (Å²) in [4.78, 5) is 6.65. The van der Waals surface area contributed by atoms with E-state index in [0.29, 0.717) is 12.1 Å². The molecule has 0 spiro atoms. The average Bonchev–Trinajstić information content (AvgIpc) is 3.44. The highest BCUT2D eigenvalue weighted by Gasteiger charge is 2.17. The van der Waals surface area contributed by atoms with Crippen LogP contribution in [-0.2, 0) is 19.5 Å². The van der Waals surface area contributed by atoms with Crippen LogP contribution in [0.25, 0.3) is 22.7 Å². The zero-order valence-electron chi connectivity index (χ0n) is 16.7. The second-order valence-electron chi connectivity index (χ2n) is 7.56. The maximum absolute atomic E-state index is 12.6. The van der Waals surface area contributed by atoms with Crippen molar-refractivity contribution < 1.29 is 13.2 Å². The van der Waals surface area contributed by atoms with E-state index in [1.165, 1.54) is 17.3 Å². The van der Waals surface area contributed by atoms with Crippen LogP contribution in [0.5, 0.6) is 0 Å². The molecule has 0 amide bonds. The summed E-state index contributed by atoms with van der Waals surface area (Å²) in [7, 11) is 2.13. The first-order chi connectivity index (χ1) is 15.0. The molecule has 0 fully saturated rings. The Hall–Kier alpha value is -3.53. The molecule has 31 heavy (non-hydrogen) atoms. The fourth-order valence-electron chi connectivity index (χ4n) is 3.61. The molecule has 5 rings (SSSR count). The Labute approximate surface area is 176 Å². The van der Waals surface area contributed by atoms with Gasteiger partial charge in [0.1, 0.15) is 5.69 Å². The summed E-state index contributed by atoms with van der Waals surface area (Å²) in [5, 5.41) is 15.5. The molecular formula is C21H19F2N7O. The van der Waals surface area contributed by atoms with Crippen molar-refractivity contribution in [2.24, 2.45) is 0 Å². The summed E-state index contributed by atoms with van der Waals surface area (Å²) in [6, 6.07) is 9.90. The molecule has 0 N–H and O–H groups in total. The predicted molar refractivity (Wildman–Crippen MR) is 107 cm³/mol. The second-order valence-corrected chi connectivity index (χ2v) is 7.56. The Morgan fingerprint density at radius 1 is 1.06 bits per heavy atom. The summed E-state index contributed by atoms with van der Waals surface area (Å²) in [6.07, 6.45) is 1.63. The molecular weight excluding hydrogens is 404 g/mol. The van der Waals surface area contributed by atoms with Crippen LogP contribution in [0, 0.1) is 0 Å². The van der Waals surface area contributed by atoms with Gasteiger partial charge < -0.3 is 9.32 Å². The minimum absolute atomic E-state index is 0.0102. The Kier molecular flexibility index (Phi) is 4.99. The van der Waals surface area contributed by atoms with E-state index in [-0.39, 0.29) is 5.89 Å². The molecule has 4 aromatic rings. The van der Waals surface area contributed by atoms with Crippen molar-refractivity contribution in [2.45, 2.75) is 25.9 Å². The number of halogens is 2. The first kappa shape index (κ1) is 19.4. The van der Waals surface area contributed by atoms with Crippen LogP contribution in [0.3, 0.4) is 0 Å². The van der Waals surface area contributed by atoms with Gasteiger partial charge >= 0.3 is 6.43 Å². The summed E-state index contributed by atoms with van der Waals surface area (Å²) in [5.41, 5.74) is 5.78. The molecule has 8 nitrogen and oxygen atoms in total. The normalized spacial score (nSPS) is 14.2. The number of alkyl halides is 2. The Morgan fingerprint density at radius 2 is 1.94 bits per heavy atom. The van der Waals surface area contributed by atoms with Crippen molar-refractivity contribution in [2.75, 3.05) is 13.6 Å². The quantitative estimate of drug-likeness (QED) is 0.487. The zero-order valence-corrected chi connectivity index (χ0v) is 16.7. The number of fused-ring (bicyclic) bond motifs is 1. The first-order valence-electron chi connectivity index (χ1n) is 9.83. The second kappa shape index (κ2) is 7.95. The highest BCUT2D eigenvalue weighted by Crippen LogP contribution is 2.25. The SMILES string of the molecule is CN1CCc2cc(-c3cn(Cc4ccc(-c5nnc(C(F)F)o5)cn4)nn3)ccc2C1. The number of benzene rings is 1. The lowest BCUT2D eigenvalue weighted by atomic mass is 9.97. The number of likely N-dealkylation sites (N-methyl/N-ethyl adjacent to an activating group) is 1. The molecule has 1 aromatic carbocycles. The molecule has 0 radical (unpaired) electrons. The van der Waals surface area contributed by atoms with Crippen molar-refractivity contribution in [1.29, 1.82) is 0 Å². The summed E-state index contributed by atoms with van der Waals surface area (Å²) >= 11 is 0. The monoisotopic (exact) mass is 423 g/mol. The van der Waals surface area contributed by atoms with E-state index in [0.717, 1.165) is 36.5 Å². The summed E-state index contributed by atoms with van der Waals surface area (Å²) in [5.74, 6) is -0.695. The van der Waals surface area contributed by atoms with Gasteiger partial charge in [-0.2, -0.15) is 8.78 Å². The van der Waals surface area contributed by atoms with E-state index in [4.69, 9.17) is 4.42 Å². The van der Waals surface area contributed by atoms with Gasteiger partial charge in [0.25, 0.3) is 5.89 Å². The minimum Gasteiger partial charge on any atom is -0.415 e. The molecule has 0 bridgehead atoms.